The molecule has 0 aliphatic rings. The molecule has 0 saturated heterocycles. The predicted molar refractivity (Wildman–Crippen MR) is 106 cm³/mol. The van der Waals surface area contributed by atoms with Gasteiger partial charge in [0.15, 0.2) is 0 Å². The highest BCUT2D eigenvalue weighted by Crippen LogP contribution is 2.29. The van der Waals surface area contributed by atoms with Crippen molar-refractivity contribution in [2.75, 3.05) is 6.61 Å². The Hall–Kier alpha value is -2.17. The van der Waals surface area contributed by atoms with E-state index in [-0.39, 0.29) is 18.0 Å². The van der Waals surface area contributed by atoms with Crippen molar-refractivity contribution in [2.45, 2.75) is 38.3 Å². The zero-order chi connectivity index (χ0) is 18.8. The first-order valence-corrected chi connectivity index (χ1v) is 10.0. The lowest BCUT2D eigenvalue weighted by atomic mass is 9.87. The zero-order valence-electron chi connectivity index (χ0n) is 15.5. The van der Waals surface area contributed by atoms with Crippen LogP contribution in [0.15, 0.2) is 72.8 Å². The number of carbonyl (C=O) groups excluding carboxylic acids is 1. The number of hydrogen-bond acceptors (Lipinski definition) is 3. The van der Waals surface area contributed by atoms with Gasteiger partial charge in [0.05, 0.1) is 12.7 Å². The first kappa shape index (κ1) is 20.1. The monoisotopic (exact) mass is 366 g/mol. The van der Waals surface area contributed by atoms with E-state index in [4.69, 9.17) is 9.16 Å². The molecule has 26 heavy (non-hydrogen) atoms. The Morgan fingerprint density at radius 3 is 2.08 bits per heavy atom. The van der Waals surface area contributed by atoms with Gasteiger partial charge in [0, 0.05) is 11.5 Å². The van der Waals surface area contributed by atoms with Gasteiger partial charge in [-0.25, -0.2) is 4.79 Å². The van der Waals surface area contributed by atoms with Crippen LogP contribution in [0.3, 0.4) is 0 Å². The van der Waals surface area contributed by atoms with E-state index in [0.717, 1.165) is 12.5 Å². The highest BCUT2D eigenvalue weighted by molar-refractivity contribution is 6.27. The second-order valence-electron chi connectivity index (χ2n) is 6.29. The average molecular weight is 367 g/mol. The molecule has 0 spiro atoms. The van der Waals surface area contributed by atoms with Crippen LogP contribution in [-0.2, 0) is 14.0 Å². The van der Waals surface area contributed by atoms with Crippen molar-refractivity contribution in [3.63, 3.8) is 0 Å². The van der Waals surface area contributed by atoms with Gasteiger partial charge in [-0.2, -0.15) is 0 Å². The van der Waals surface area contributed by atoms with Crippen molar-refractivity contribution in [2.24, 2.45) is 0 Å². The lowest BCUT2D eigenvalue weighted by molar-refractivity contribution is -0.138. The predicted octanol–water partition coefficient (Wildman–Crippen LogP) is 4.77. The second kappa shape index (κ2) is 10.7. The van der Waals surface area contributed by atoms with Crippen LogP contribution in [-0.4, -0.2) is 28.4 Å². The molecule has 0 heterocycles. The summed E-state index contributed by atoms with van der Waals surface area (Å²) in [4.78, 5) is 11.3. The Kier molecular flexibility index (Phi) is 8.32. The molecule has 2 aromatic rings. The number of carbonyl (C=O) groups is 1. The summed E-state index contributed by atoms with van der Waals surface area (Å²) in [6, 6.07) is 21.8. The molecular formula is C22H26O3Si. The van der Waals surface area contributed by atoms with Crippen molar-refractivity contribution in [1.29, 1.82) is 0 Å². The highest BCUT2D eigenvalue weighted by atomic mass is 28.2. The Morgan fingerprint density at radius 1 is 1.04 bits per heavy atom. The van der Waals surface area contributed by atoms with Crippen LogP contribution in [0.25, 0.3) is 0 Å². The van der Waals surface area contributed by atoms with E-state index in [1.54, 1.807) is 6.92 Å². The molecular weight excluding hydrogens is 340 g/mol. The third kappa shape index (κ3) is 6.28. The molecule has 2 rings (SSSR count). The quantitative estimate of drug-likeness (QED) is 0.263. The van der Waals surface area contributed by atoms with E-state index in [9.17, 15) is 4.79 Å². The maximum Gasteiger partial charge on any atom is 0.333 e. The first-order valence-electron chi connectivity index (χ1n) is 8.90. The van der Waals surface area contributed by atoms with Gasteiger partial charge in [-0.15, -0.1) is 0 Å². The fraction of sp³-hybridized carbons (Fsp3) is 0.318. The average Bonchev–Trinajstić information content (AvgIpc) is 2.66. The highest BCUT2D eigenvalue weighted by Gasteiger charge is 2.21. The summed E-state index contributed by atoms with van der Waals surface area (Å²) in [7, 11) is 0.379. The summed E-state index contributed by atoms with van der Waals surface area (Å²) in [5.74, 6) is -0.123. The molecule has 3 nitrogen and oxygen atoms in total. The molecule has 1 unspecified atom stereocenters. The van der Waals surface area contributed by atoms with Gasteiger partial charge in [0.2, 0.25) is 9.76 Å². The number of ether oxygens (including phenoxy) is 1. The minimum Gasteiger partial charge on any atom is -0.462 e. The molecule has 0 bridgehead atoms. The first-order chi connectivity index (χ1) is 12.6. The van der Waals surface area contributed by atoms with Crippen molar-refractivity contribution >= 4 is 15.7 Å². The molecule has 0 N–H and O–H groups in total. The summed E-state index contributed by atoms with van der Waals surface area (Å²) >= 11 is 0. The number of benzene rings is 2. The van der Waals surface area contributed by atoms with E-state index in [2.05, 4.69) is 62.0 Å². The Labute approximate surface area is 159 Å². The summed E-state index contributed by atoms with van der Waals surface area (Å²) in [5, 5.41) is 0. The molecule has 0 aliphatic heterocycles. The van der Waals surface area contributed by atoms with Crippen LogP contribution in [0.4, 0.5) is 0 Å². The molecule has 1 atom stereocenters. The topological polar surface area (TPSA) is 35.5 Å². The van der Waals surface area contributed by atoms with Crippen molar-refractivity contribution < 1.29 is 14.0 Å². The van der Waals surface area contributed by atoms with Crippen molar-refractivity contribution in [3.8, 4) is 0 Å². The van der Waals surface area contributed by atoms with Crippen LogP contribution in [0, 0.1) is 0 Å². The van der Waals surface area contributed by atoms with Crippen LogP contribution in [0.5, 0.6) is 0 Å². The largest absolute Gasteiger partial charge is 0.462 e. The lowest BCUT2D eigenvalue weighted by Gasteiger charge is -2.25. The van der Waals surface area contributed by atoms with Crippen LogP contribution in [0.2, 0.25) is 6.04 Å². The van der Waals surface area contributed by atoms with Gasteiger partial charge in [0.1, 0.15) is 0 Å². The molecule has 2 radical (unpaired) electrons. The molecule has 136 valence electrons. The maximum absolute atomic E-state index is 11.3. The SMILES string of the molecule is C=C(C)C(=O)OCCC[Si]OC(C)C(c1ccccc1)c1ccccc1. The van der Waals surface area contributed by atoms with E-state index < -0.39 is 0 Å². The molecule has 4 heteroatoms. The van der Waals surface area contributed by atoms with E-state index in [0.29, 0.717) is 21.9 Å². The molecule has 0 amide bonds. The van der Waals surface area contributed by atoms with E-state index in [1.165, 1.54) is 11.1 Å². The van der Waals surface area contributed by atoms with E-state index >= 15 is 0 Å². The maximum atomic E-state index is 11.3. The number of esters is 1. The summed E-state index contributed by atoms with van der Waals surface area (Å²) in [6.45, 7) is 7.77. The normalized spacial score (nSPS) is 12.0. The third-order valence-corrected chi connectivity index (χ3v) is 5.16. The summed E-state index contributed by atoms with van der Waals surface area (Å²) < 4.78 is 11.2. The van der Waals surface area contributed by atoms with Gasteiger partial charge in [-0.05, 0) is 37.4 Å². The minimum atomic E-state index is -0.323. The van der Waals surface area contributed by atoms with Gasteiger partial charge in [-0.1, -0.05) is 67.2 Å². The van der Waals surface area contributed by atoms with Crippen LogP contribution >= 0.6 is 0 Å². The lowest BCUT2D eigenvalue weighted by Crippen LogP contribution is -2.22. The van der Waals surface area contributed by atoms with Gasteiger partial charge >= 0.3 is 5.97 Å². The summed E-state index contributed by atoms with van der Waals surface area (Å²) in [5.41, 5.74) is 2.95. The molecule has 0 saturated carbocycles. The number of hydrogen-bond donors (Lipinski definition) is 0. The zero-order valence-corrected chi connectivity index (χ0v) is 16.5. The van der Waals surface area contributed by atoms with Crippen LogP contribution < -0.4 is 0 Å². The van der Waals surface area contributed by atoms with Gasteiger partial charge in [0.25, 0.3) is 0 Å². The van der Waals surface area contributed by atoms with Gasteiger partial charge < -0.3 is 9.16 Å². The second-order valence-corrected chi connectivity index (χ2v) is 7.31. The smallest absolute Gasteiger partial charge is 0.333 e. The van der Waals surface area contributed by atoms with E-state index in [1.807, 2.05) is 12.1 Å². The fourth-order valence-electron chi connectivity index (χ4n) is 2.75. The minimum absolute atomic E-state index is 0.0658. The Balaban J connectivity index is 1.87. The fourth-order valence-corrected chi connectivity index (χ4v) is 3.55. The summed E-state index contributed by atoms with van der Waals surface area (Å²) in [6.07, 6.45) is 0.863. The Bertz CT molecular complexity index is 646. The standard InChI is InChI=1S/C22H26O3Si/c1-17(2)22(23)24-15-10-16-26-25-18(3)21(19-11-6-4-7-12-19)20-13-8-5-9-14-20/h4-9,11-14,18,21H,1,10,15-16H2,2-3H3. The molecule has 0 aromatic heterocycles. The Morgan fingerprint density at radius 2 is 1.58 bits per heavy atom. The van der Waals surface area contributed by atoms with Crippen LogP contribution in [0.1, 0.15) is 37.3 Å². The molecule has 0 fully saturated rings. The molecule has 2 aromatic carbocycles. The van der Waals surface area contributed by atoms with Crippen molar-refractivity contribution in [1.82, 2.24) is 0 Å². The number of rotatable bonds is 10. The van der Waals surface area contributed by atoms with Gasteiger partial charge in [-0.3, -0.25) is 0 Å². The van der Waals surface area contributed by atoms with Crippen molar-refractivity contribution in [3.05, 3.63) is 83.9 Å². The molecule has 0 aliphatic carbocycles. The third-order valence-electron chi connectivity index (χ3n) is 4.06.